The summed E-state index contributed by atoms with van der Waals surface area (Å²) in [5.41, 5.74) is 7.46. The van der Waals surface area contributed by atoms with Crippen LogP contribution in [0.5, 0.6) is 5.75 Å². The van der Waals surface area contributed by atoms with E-state index in [9.17, 15) is 4.79 Å². The summed E-state index contributed by atoms with van der Waals surface area (Å²) in [5.74, 6) is 0.503. The van der Waals surface area contributed by atoms with Gasteiger partial charge in [0.15, 0.2) is 0 Å². The lowest BCUT2D eigenvalue weighted by molar-refractivity contribution is 0.0950. The normalized spacial score (nSPS) is 10.1. The van der Waals surface area contributed by atoms with E-state index in [0.717, 1.165) is 11.3 Å². The summed E-state index contributed by atoms with van der Waals surface area (Å²) in [6.07, 6.45) is 0. The van der Waals surface area contributed by atoms with Crippen LogP contribution in [0, 0.1) is 0 Å². The van der Waals surface area contributed by atoms with Gasteiger partial charge in [0.05, 0.1) is 7.11 Å². The predicted octanol–water partition coefficient (Wildman–Crippen LogP) is 2.86. The lowest BCUT2D eigenvalue weighted by atomic mass is 10.1. The first-order valence-electron chi connectivity index (χ1n) is 6.06. The highest BCUT2D eigenvalue weighted by Gasteiger charge is 2.09. The average Bonchev–Trinajstić information content (AvgIpc) is 2.44. The van der Waals surface area contributed by atoms with Crippen molar-refractivity contribution in [3.05, 3.63) is 58.6 Å². The second kappa shape index (κ2) is 6.30. The summed E-state index contributed by atoms with van der Waals surface area (Å²) >= 11 is 5.88. The Labute approximate surface area is 122 Å². The Hall–Kier alpha value is -2.20. The van der Waals surface area contributed by atoms with Crippen LogP contribution in [-0.2, 0) is 6.54 Å². The molecule has 4 nitrogen and oxygen atoms in total. The molecule has 104 valence electrons. The molecule has 0 fully saturated rings. The molecule has 2 rings (SSSR count). The number of carbonyl (C=O) groups is 1. The largest absolute Gasteiger partial charge is 0.496 e. The molecule has 3 N–H and O–H groups in total. The van der Waals surface area contributed by atoms with E-state index < -0.39 is 0 Å². The van der Waals surface area contributed by atoms with Crippen LogP contribution in [0.2, 0.25) is 5.02 Å². The van der Waals surface area contributed by atoms with Crippen LogP contribution in [0.3, 0.4) is 0 Å². The van der Waals surface area contributed by atoms with Crippen LogP contribution in [0.15, 0.2) is 42.5 Å². The topological polar surface area (TPSA) is 64.3 Å². The lowest BCUT2D eigenvalue weighted by Crippen LogP contribution is -2.23. The molecule has 0 spiro atoms. The molecule has 0 atom stereocenters. The first-order valence-corrected chi connectivity index (χ1v) is 6.44. The van der Waals surface area contributed by atoms with Crippen molar-refractivity contribution in [1.29, 1.82) is 0 Å². The minimum Gasteiger partial charge on any atom is -0.496 e. The molecule has 20 heavy (non-hydrogen) atoms. The number of hydrogen-bond acceptors (Lipinski definition) is 3. The van der Waals surface area contributed by atoms with Crippen molar-refractivity contribution < 1.29 is 9.53 Å². The van der Waals surface area contributed by atoms with E-state index in [0.29, 0.717) is 22.8 Å². The summed E-state index contributed by atoms with van der Waals surface area (Å²) in [4.78, 5) is 12.1. The minimum atomic E-state index is -0.231. The fourth-order valence-electron chi connectivity index (χ4n) is 1.87. The van der Waals surface area contributed by atoms with Crippen molar-refractivity contribution in [3.63, 3.8) is 0 Å². The van der Waals surface area contributed by atoms with Gasteiger partial charge in [-0.05, 0) is 24.3 Å². The van der Waals surface area contributed by atoms with Crippen LogP contribution in [0.4, 0.5) is 5.69 Å². The Balaban J connectivity index is 2.08. The Morgan fingerprint density at radius 1 is 1.30 bits per heavy atom. The fourth-order valence-corrected chi connectivity index (χ4v) is 2.11. The number of carbonyl (C=O) groups excluding carboxylic acids is 1. The number of methoxy groups -OCH3 is 1. The zero-order valence-electron chi connectivity index (χ0n) is 11.0. The second-order valence-corrected chi connectivity index (χ2v) is 4.70. The van der Waals surface area contributed by atoms with E-state index in [-0.39, 0.29) is 5.91 Å². The highest BCUT2D eigenvalue weighted by Crippen LogP contribution is 2.18. The Morgan fingerprint density at radius 3 is 2.75 bits per heavy atom. The van der Waals surface area contributed by atoms with Gasteiger partial charge in [-0.3, -0.25) is 4.79 Å². The van der Waals surface area contributed by atoms with Crippen LogP contribution < -0.4 is 15.8 Å². The third kappa shape index (κ3) is 3.42. The van der Waals surface area contributed by atoms with Gasteiger partial charge < -0.3 is 15.8 Å². The van der Waals surface area contributed by atoms with Gasteiger partial charge in [-0.2, -0.15) is 0 Å². The van der Waals surface area contributed by atoms with Crippen LogP contribution >= 0.6 is 11.6 Å². The van der Waals surface area contributed by atoms with Gasteiger partial charge in [-0.25, -0.2) is 0 Å². The number of amides is 1. The first-order chi connectivity index (χ1) is 9.60. The number of nitrogen functional groups attached to an aromatic ring is 1. The molecule has 1 amide bonds. The van der Waals surface area contributed by atoms with E-state index in [1.165, 1.54) is 0 Å². The van der Waals surface area contributed by atoms with Gasteiger partial charge in [0.1, 0.15) is 5.75 Å². The molecule has 0 saturated carbocycles. The third-order valence-corrected chi connectivity index (χ3v) is 3.03. The van der Waals surface area contributed by atoms with Crippen LogP contribution in [0.1, 0.15) is 15.9 Å². The summed E-state index contributed by atoms with van der Waals surface area (Å²) in [7, 11) is 1.60. The maximum Gasteiger partial charge on any atom is 0.251 e. The Morgan fingerprint density at radius 2 is 2.05 bits per heavy atom. The van der Waals surface area contributed by atoms with Crippen molar-refractivity contribution in [2.75, 3.05) is 12.8 Å². The molecule has 5 heteroatoms. The molecule has 0 aromatic heterocycles. The number of hydrogen-bond donors (Lipinski definition) is 2. The Bertz CT molecular complexity index is 609. The molecule has 0 aliphatic rings. The SMILES string of the molecule is COc1ccccc1CNC(=O)c1cc(N)cc(Cl)c1. The standard InChI is InChI=1S/C15H15ClN2O2/c1-20-14-5-3-2-4-10(14)9-18-15(19)11-6-12(16)8-13(17)7-11/h2-8H,9,17H2,1H3,(H,18,19). The number of ether oxygens (including phenoxy) is 1. The summed E-state index contributed by atoms with van der Waals surface area (Å²) < 4.78 is 5.23. The number of halogens is 1. The van der Waals surface area contributed by atoms with Crippen molar-refractivity contribution in [3.8, 4) is 5.75 Å². The van der Waals surface area contributed by atoms with E-state index in [4.69, 9.17) is 22.1 Å². The Kier molecular flexibility index (Phi) is 4.48. The smallest absolute Gasteiger partial charge is 0.251 e. The number of nitrogens with one attached hydrogen (secondary N) is 1. The summed E-state index contributed by atoms with van der Waals surface area (Å²) in [6.45, 7) is 0.370. The first kappa shape index (κ1) is 14.2. The number of nitrogens with two attached hydrogens (primary N) is 1. The fraction of sp³-hybridized carbons (Fsp3) is 0.133. The molecule has 2 aromatic carbocycles. The highest BCUT2D eigenvalue weighted by molar-refractivity contribution is 6.31. The molecular formula is C15H15ClN2O2. The van der Waals surface area contributed by atoms with E-state index in [1.54, 1.807) is 25.3 Å². The predicted molar refractivity (Wildman–Crippen MR) is 80.0 cm³/mol. The molecule has 0 unspecified atom stereocenters. The molecule has 0 heterocycles. The highest BCUT2D eigenvalue weighted by atomic mass is 35.5. The van der Waals surface area contributed by atoms with Gasteiger partial charge in [0, 0.05) is 28.4 Å². The number of benzene rings is 2. The van der Waals surface area contributed by atoms with Gasteiger partial charge in [-0.1, -0.05) is 29.8 Å². The van der Waals surface area contributed by atoms with Crippen LogP contribution in [-0.4, -0.2) is 13.0 Å². The summed E-state index contributed by atoms with van der Waals surface area (Å²) in [6, 6.07) is 12.3. The van der Waals surface area contributed by atoms with E-state index in [1.807, 2.05) is 24.3 Å². The number of anilines is 1. The zero-order valence-corrected chi connectivity index (χ0v) is 11.8. The van der Waals surface area contributed by atoms with Crippen molar-refractivity contribution in [2.45, 2.75) is 6.54 Å². The molecule has 2 aromatic rings. The van der Waals surface area contributed by atoms with E-state index >= 15 is 0 Å². The molecule has 0 saturated heterocycles. The maximum absolute atomic E-state index is 12.1. The average molecular weight is 291 g/mol. The van der Waals surface area contributed by atoms with Gasteiger partial charge in [0.25, 0.3) is 5.91 Å². The number of para-hydroxylation sites is 1. The maximum atomic E-state index is 12.1. The summed E-state index contributed by atoms with van der Waals surface area (Å²) in [5, 5.41) is 3.25. The molecule has 0 radical (unpaired) electrons. The van der Waals surface area contributed by atoms with Gasteiger partial charge in [0.2, 0.25) is 0 Å². The monoisotopic (exact) mass is 290 g/mol. The minimum absolute atomic E-state index is 0.231. The molecular weight excluding hydrogens is 276 g/mol. The molecule has 0 aliphatic heterocycles. The second-order valence-electron chi connectivity index (χ2n) is 4.27. The number of rotatable bonds is 4. The molecule has 0 aliphatic carbocycles. The van der Waals surface area contributed by atoms with Crippen molar-refractivity contribution >= 4 is 23.2 Å². The lowest BCUT2D eigenvalue weighted by Gasteiger charge is -2.10. The van der Waals surface area contributed by atoms with E-state index in [2.05, 4.69) is 5.32 Å². The quantitative estimate of drug-likeness (QED) is 0.851. The van der Waals surface area contributed by atoms with Crippen LogP contribution in [0.25, 0.3) is 0 Å². The zero-order chi connectivity index (χ0) is 14.5. The van der Waals surface area contributed by atoms with Gasteiger partial charge in [-0.15, -0.1) is 0 Å². The molecule has 0 bridgehead atoms. The van der Waals surface area contributed by atoms with Crippen molar-refractivity contribution in [2.24, 2.45) is 0 Å². The van der Waals surface area contributed by atoms with Gasteiger partial charge >= 0.3 is 0 Å². The van der Waals surface area contributed by atoms with Crippen molar-refractivity contribution in [1.82, 2.24) is 5.32 Å². The third-order valence-electron chi connectivity index (χ3n) is 2.81.